The SMILES string of the molecule is CC(C)CC1CCC(=O)N(C(=O)O)C1CO[Si](c1ccccc1)(c1ccccc1)C(C)(C)C. The van der Waals surface area contributed by atoms with E-state index in [0.717, 1.165) is 21.7 Å². The van der Waals surface area contributed by atoms with Crippen LogP contribution in [0.4, 0.5) is 4.79 Å². The fourth-order valence-corrected chi connectivity index (χ4v) is 9.91. The van der Waals surface area contributed by atoms with Gasteiger partial charge < -0.3 is 9.53 Å². The van der Waals surface area contributed by atoms with Crippen molar-refractivity contribution < 1.29 is 19.1 Å². The molecule has 2 aromatic rings. The van der Waals surface area contributed by atoms with Crippen LogP contribution in [0.15, 0.2) is 60.7 Å². The van der Waals surface area contributed by atoms with Gasteiger partial charge in [0, 0.05) is 6.42 Å². The second-order valence-corrected chi connectivity index (χ2v) is 14.8. The number of imide groups is 1. The lowest BCUT2D eigenvalue weighted by molar-refractivity contribution is -0.137. The number of piperidine rings is 1. The van der Waals surface area contributed by atoms with Gasteiger partial charge in [0.2, 0.25) is 5.91 Å². The van der Waals surface area contributed by atoms with E-state index in [0.29, 0.717) is 12.3 Å². The fraction of sp³-hybridized carbons (Fsp3) is 0.481. The van der Waals surface area contributed by atoms with Gasteiger partial charge in [-0.2, -0.15) is 0 Å². The minimum atomic E-state index is -2.82. The van der Waals surface area contributed by atoms with Crippen LogP contribution in [0.3, 0.4) is 0 Å². The summed E-state index contributed by atoms with van der Waals surface area (Å²) < 4.78 is 7.03. The van der Waals surface area contributed by atoms with Crippen LogP contribution in [0.25, 0.3) is 0 Å². The minimum Gasteiger partial charge on any atom is -0.465 e. The lowest BCUT2D eigenvalue weighted by atomic mass is 9.83. The van der Waals surface area contributed by atoms with E-state index in [2.05, 4.69) is 58.9 Å². The maximum absolute atomic E-state index is 12.6. The zero-order valence-corrected chi connectivity index (χ0v) is 21.5. The molecule has 0 saturated carbocycles. The van der Waals surface area contributed by atoms with E-state index in [-0.39, 0.29) is 29.9 Å². The lowest BCUT2D eigenvalue weighted by Crippen LogP contribution is -2.68. The van der Waals surface area contributed by atoms with Crippen molar-refractivity contribution in [2.45, 2.75) is 65.0 Å². The molecular weight excluding hydrogens is 430 g/mol. The zero-order valence-electron chi connectivity index (χ0n) is 20.5. The van der Waals surface area contributed by atoms with Crippen LogP contribution in [-0.4, -0.2) is 43.0 Å². The van der Waals surface area contributed by atoms with Crippen molar-refractivity contribution >= 4 is 30.7 Å². The van der Waals surface area contributed by atoms with Crippen molar-refractivity contribution in [2.24, 2.45) is 11.8 Å². The quantitative estimate of drug-likeness (QED) is 0.589. The first kappa shape index (κ1) is 25.2. The molecule has 5 nitrogen and oxygen atoms in total. The highest BCUT2D eigenvalue weighted by molar-refractivity contribution is 6.99. The van der Waals surface area contributed by atoms with E-state index in [4.69, 9.17) is 4.43 Å². The van der Waals surface area contributed by atoms with Gasteiger partial charge in [-0.3, -0.25) is 4.79 Å². The summed E-state index contributed by atoms with van der Waals surface area (Å²) in [7, 11) is -2.82. The third-order valence-electron chi connectivity index (χ3n) is 6.74. The topological polar surface area (TPSA) is 66.8 Å². The highest BCUT2D eigenvalue weighted by Gasteiger charge is 2.51. The Bertz CT molecular complexity index is 900. The molecule has 0 radical (unpaired) electrons. The number of nitrogens with zero attached hydrogens (tertiary/aromatic N) is 1. The third-order valence-corrected chi connectivity index (χ3v) is 11.7. The molecule has 1 fully saturated rings. The molecule has 178 valence electrons. The number of benzene rings is 2. The first-order valence-corrected chi connectivity index (χ1v) is 13.8. The maximum Gasteiger partial charge on any atom is 0.414 e. The van der Waals surface area contributed by atoms with Gasteiger partial charge in [0.15, 0.2) is 0 Å². The van der Waals surface area contributed by atoms with Gasteiger partial charge in [0.1, 0.15) is 0 Å². The largest absolute Gasteiger partial charge is 0.465 e. The minimum absolute atomic E-state index is 0.0945. The van der Waals surface area contributed by atoms with E-state index in [1.54, 1.807) is 0 Å². The summed E-state index contributed by atoms with van der Waals surface area (Å²) >= 11 is 0. The Labute approximate surface area is 198 Å². The van der Waals surface area contributed by atoms with Crippen LogP contribution in [0.1, 0.15) is 53.9 Å². The molecule has 2 aromatic carbocycles. The molecule has 0 aliphatic carbocycles. The third kappa shape index (κ3) is 5.22. The van der Waals surface area contributed by atoms with Gasteiger partial charge in [-0.15, -0.1) is 0 Å². The molecule has 1 saturated heterocycles. The molecule has 1 heterocycles. The van der Waals surface area contributed by atoms with E-state index in [9.17, 15) is 14.7 Å². The summed E-state index contributed by atoms with van der Waals surface area (Å²) in [6, 6.07) is 20.1. The van der Waals surface area contributed by atoms with E-state index >= 15 is 0 Å². The number of amides is 2. The van der Waals surface area contributed by atoms with Crippen LogP contribution >= 0.6 is 0 Å². The molecule has 0 spiro atoms. The lowest BCUT2D eigenvalue weighted by Gasteiger charge is -2.46. The predicted octanol–water partition coefficient (Wildman–Crippen LogP) is 4.89. The van der Waals surface area contributed by atoms with Crippen molar-refractivity contribution in [3.8, 4) is 0 Å². The normalized spacial score (nSPS) is 19.7. The molecule has 1 aliphatic heterocycles. The zero-order chi connectivity index (χ0) is 24.2. The Hall–Kier alpha value is -2.44. The molecule has 3 rings (SSSR count). The Morgan fingerprint density at radius 2 is 1.58 bits per heavy atom. The van der Waals surface area contributed by atoms with E-state index in [1.807, 2.05) is 36.4 Å². The molecule has 2 amide bonds. The monoisotopic (exact) mass is 467 g/mol. The number of hydrogen-bond donors (Lipinski definition) is 1. The van der Waals surface area contributed by atoms with Gasteiger partial charge in [0.05, 0.1) is 12.6 Å². The summed E-state index contributed by atoms with van der Waals surface area (Å²) in [4.78, 5) is 25.8. The maximum atomic E-state index is 12.6. The van der Waals surface area contributed by atoms with Crippen LogP contribution in [0.2, 0.25) is 5.04 Å². The van der Waals surface area contributed by atoms with Crippen molar-refractivity contribution in [2.75, 3.05) is 6.61 Å². The Kier molecular flexibility index (Phi) is 7.80. The summed E-state index contributed by atoms with van der Waals surface area (Å²) in [5, 5.41) is 12.0. The second kappa shape index (κ2) is 10.2. The molecule has 1 N–H and O–H groups in total. The number of carbonyl (C=O) groups excluding carboxylic acids is 1. The number of hydrogen-bond acceptors (Lipinski definition) is 3. The highest BCUT2D eigenvalue weighted by atomic mass is 28.4. The molecule has 0 bridgehead atoms. The number of rotatable bonds is 7. The Morgan fingerprint density at radius 3 is 2.00 bits per heavy atom. The van der Waals surface area contributed by atoms with Crippen molar-refractivity contribution in [1.82, 2.24) is 4.90 Å². The van der Waals surface area contributed by atoms with E-state index < -0.39 is 20.5 Å². The highest BCUT2D eigenvalue weighted by Crippen LogP contribution is 2.38. The average molecular weight is 468 g/mol. The number of carboxylic acid groups (broad SMARTS) is 1. The molecule has 33 heavy (non-hydrogen) atoms. The van der Waals surface area contributed by atoms with Gasteiger partial charge in [0.25, 0.3) is 8.32 Å². The average Bonchev–Trinajstić information content (AvgIpc) is 2.76. The summed E-state index contributed by atoms with van der Waals surface area (Å²) in [6.45, 7) is 11.1. The Morgan fingerprint density at radius 1 is 1.06 bits per heavy atom. The first-order valence-electron chi connectivity index (χ1n) is 11.9. The standard InChI is InChI=1S/C27H37NO4Si/c1-20(2)18-21-16-17-25(29)28(26(30)31)24(21)19-32-33(27(3,4)5,22-12-8-6-9-13-22)23-14-10-7-11-15-23/h6-15,20-21,24H,16-19H2,1-5H3,(H,30,31). The second-order valence-electron chi connectivity index (χ2n) is 10.5. The van der Waals surface area contributed by atoms with E-state index in [1.165, 1.54) is 0 Å². The van der Waals surface area contributed by atoms with Gasteiger partial charge in [-0.05, 0) is 40.1 Å². The smallest absolute Gasteiger partial charge is 0.414 e. The molecule has 2 unspecified atom stereocenters. The fourth-order valence-electron chi connectivity index (χ4n) is 5.33. The van der Waals surface area contributed by atoms with Crippen LogP contribution in [0, 0.1) is 11.8 Å². The van der Waals surface area contributed by atoms with Crippen molar-refractivity contribution in [3.63, 3.8) is 0 Å². The van der Waals surface area contributed by atoms with Gasteiger partial charge >= 0.3 is 6.09 Å². The molecule has 6 heteroatoms. The molecule has 0 aromatic heterocycles. The predicted molar refractivity (Wildman–Crippen MR) is 134 cm³/mol. The van der Waals surface area contributed by atoms with Gasteiger partial charge in [-0.1, -0.05) is 95.3 Å². The van der Waals surface area contributed by atoms with Crippen LogP contribution < -0.4 is 10.4 Å². The van der Waals surface area contributed by atoms with Crippen molar-refractivity contribution in [3.05, 3.63) is 60.7 Å². The first-order chi connectivity index (χ1) is 15.6. The summed E-state index contributed by atoms with van der Waals surface area (Å²) in [6.07, 6.45) is 0.672. The molecule has 1 aliphatic rings. The Balaban J connectivity index is 2.08. The van der Waals surface area contributed by atoms with Gasteiger partial charge in [-0.25, -0.2) is 9.69 Å². The summed E-state index contributed by atoms with van der Waals surface area (Å²) in [5.41, 5.74) is 0. The number of likely N-dealkylation sites (tertiary alicyclic amines) is 1. The molecular formula is C27H37NO4Si. The number of carbonyl (C=O) groups is 2. The molecule has 2 atom stereocenters. The van der Waals surface area contributed by atoms with Crippen LogP contribution in [-0.2, 0) is 9.22 Å². The van der Waals surface area contributed by atoms with Crippen LogP contribution in [0.5, 0.6) is 0 Å². The summed E-state index contributed by atoms with van der Waals surface area (Å²) in [5.74, 6) is 0.185. The van der Waals surface area contributed by atoms with Crippen molar-refractivity contribution in [1.29, 1.82) is 0 Å².